The number of hydrogen-bond donors (Lipinski definition) is 1. The van der Waals surface area contributed by atoms with E-state index in [9.17, 15) is 4.79 Å². The van der Waals surface area contributed by atoms with Gasteiger partial charge in [0.2, 0.25) is 0 Å². The molecule has 3 aromatic rings. The molecule has 23 heavy (non-hydrogen) atoms. The maximum Gasteiger partial charge on any atom is 0.256 e. The van der Waals surface area contributed by atoms with E-state index in [1.165, 1.54) is 0 Å². The van der Waals surface area contributed by atoms with Crippen molar-refractivity contribution in [1.29, 1.82) is 0 Å². The SMILES string of the molecule is Cn1ccc(C2CCCN(C(=O)c3c[nH]c4ccccc34)C2)n1. The van der Waals surface area contributed by atoms with Crippen LogP contribution in [-0.4, -0.2) is 38.7 Å². The molecule has 0 radical (unpaired) electrons. The summed E-state index contributed by atoms with van der Waals surface area (Å²) in [6, 6.07) is 10.0. The van der Waals surface area contributed by atoms with Gasteiger partial charge in [-0.25, -0.2) is 0 Å². The summed E-state index contributed by atoms with van der Waals surface area (Å²) in [6.45, 7) is 1.57. The molecule has 4 rings (SSSR count). The number of piperidine rings is 1. The number of rotatable bonds is 2. The van der Waals surface area contributed by atoms with Crippen LogP contribution in [0, 0.1) is 0 Å². The van der Waals surface area contributed by atoms with Gasteiger partial charge in [-0.3, -0.25) is 9.48 Å². The highest BCUT2D eigenvalue weighted by atomic mass is 16.2. The average molecular weight is 308 g/mol. The van der Waals surface area contributed by atoms with Crippen LogP contribution in [0.4, 0.5) is 0 Å². The van der Waals surface area contributed by atoms with Gasteiger partial charge in [0.05, 0.1) is 11.3 Å². The highest BCUT2D eigenvalue weighted by Crippen LogP contribution is 2.28. The van der Waals surface area contributed by atoms with Crippen molar-refractivity contribution in [2.75, 3.05) is 13.1 Å². The third-order valence-corrected chi connectivity index (χ3v) is 4.68. The highest BCUT2D eigenvalue weighted by Gasteiger charge is 2.27. The second-order valence-electron chi connectivity index (χ2n) is 6.25. The van der Waals surface area contributed by atoms with Gasteiger partial charge in [0.1, 0.15) is 0 Å². The molecule has 1 amide bonds. The molecule has 1 N–H and O–H groups in total. The van der Waals surface area contributed by atoms with Gasteiger partial charge in [-0.2, -0.15) is 5.10 Å². The van der Waals surface area contributed by atoms with E-state index in [2.05, 4.69) is 16.1 Å². The fraction of sp³-hybridized carbons (Fsp3) is 0.333. The Kier molecular flexibility index (Phi) is 3.41. The van der Waals surface area contributed by atoms with Gasteiger partial charge >= 0.3 is 0 Å². The molecule has 1 atom stereocenters. The van der Waals surface area contributed by atoms with Crippen LogP contribution < -0.4 is 0 Å². The number of H-pyrrole nitrogens is 1. The zero-order chi connectivity index (χ0) is 15.8. The lowest BCUT2D eigenvalue weighted by atomic mass is 9.94. The smallest absolute Gasteiger partial charge is 0.256 e. The van der Waals surface area contributed by atoms with Gasteiger partial charge in [-0.1, -0.05) is 18.2 Å². The minimum Gasteiger partial charge on any atom is -0.360 e. The lowest BCUT2D eigenvalue weighted by Gasteiger charge is -2.32. The van der Waals surface area contributed by atoms with Crippen LogP contribution in [0.25, 0.3) is 10.9 Å². The minimum atomic E-state index is 0.114. The number of nitrogens with zero attached hydrogens (tertiary/aromatic N) is 3. The van der Waals surface area contributed by atoms with Gasteiger partial charge in [0.25, 0.3) is 5.91 Å². The molecule has 1 aromatic carbocycles. The summed E-state index contributed by atoms with van der Waals surface area (Å²) in [5.41, 5.74) is 2.86. The molecule has 0 saturated carbocycles. The number of carbonyl (C=O) groups excluding carboxylic acids is 1. The molecule has 0 spiro atoms. The molecule has 0 aliphatic carbocycles. The first kappa shape index (κ1) is 14.1. The first-order valence-corrected chi connectivity index (χ1v) is 8.07. The second-order valence-corrected chi connectivity index (χ2v) is 6.25. The number of aryl methyl sites for hydroxylation is 1. The first-order chi connectivity index (χ1) is 11.2. The predicted molar refractivity (Wildman–Crippen MR) is 89.4 cm³/mol. The number of aromatic nitrogens is 3. The van der Waals surface area contributed by atoms with Crippen LogP contribution in [0.1, 0.15) is 34.8 Å². The first-order valence-electron chi connectivity index (χ1n) is 8.07. The quantitative estimate of drug-likeness (QED) is 0.791. The van der Waals surface area contributed by atoms with Crippen molar-refractivity contribution in [3.05, 3.63) is 54.0 Å². The van der Waals surface area contributed by atoms with Gasteiger partial charge in [-0.15, -0.1) is 0 Å². The molecule has 0 bridgehead atoms. The van der Waals surface area contributed by atoms with Crippen LogP contribution in [0.3, 0.4) is 0 Å². The molecule has 5 heteroatoms. The van der Waals surface area contributed by atoms with Crippen molar-refractivity contribution in [1.82, 2.24) is 19.7 Å². The molecular formula is C18H20N4O. The van der Waals surface area contributed by atoms with Crippen LogP contribution in [0.2, 0.25) is 0 Å². The van der Waals surface area contributed by atoms with Crippen molar-refractivity contribution in [3.8, 4) is 0 Å². The van der Waals surface area contributed by atoms with Gasteiger partial charge < -0.3 is 9.88 Å². The molecule has 1 saturated heterocycles. The molecular weight excluding hydrogens is 288 g/mol. The fourth-order valence-electron chi connectivity index (χ4n) is 3.47. The van der Waals surface area contributed by atoms with E-state index in [1.807, 2.05) is 53.3 Å². The number of amides is 1. The number of likely N-dealkylation sites (tertiary alicyclic amines) is 1. The third kappa shape index (κ3) is 2.52. The average Bonchev–Trinajstić information content (AvgIpc) is 3.20. The number of para-hydroxylation sites is 1. The summed E-state index contributed by atoms with van der Waals surface area (Å²) in [5, 5.41) is 5.51. The van der Waals surface area contributed by atoms with Crippen molar-refractivity contribution >= 4 is 16.8 Å². The molecule has 118 valence electrons. The van der Waals surface area contributed by atoms with Gasteiger partial charge in [0, 0.05) is 49.4 Å². The molecule has 1 fully saturated rings. The largest absolute Gasteiger partial charge is 0.360 e. The zero-order valence-electron chi connectivity index (χ0n) is 13.2. The van der Waals surface area contributed by atoms with E-state index in [1.54, 1.807) is 0 Å². The summed E-state index contributed by atoms with van der Waals surface area (Å²) < 4.78 is 1.83. The summed E-state index contributed by atoms with van der Waals surface area (Å²) >= 11 is 0. The maximum atomic E-state index is 12.9. The number of hydrogen-bond acceptors (Lipinski definition) is 2. The number of benzene rings is 1. The van der Waals surface area contributed by atoms with Crippen LogP contribution in [0.5, 0.6) is 0 Å². The standard InChI is InChI=1S/C18H20N4O/c1-21-10-8-16(20-21)13-5-4-9-22(12-13)18(23)15-11-19-17-7-3-2-6-14(15)17/h2-3,6-8,10-11,13,19H,4-5,9,12H2,1H3. The molecule has 1 aliphatic heterocycles. The summed E-state index contributed by atoms with van der Waals surface area (Å²) in [7, 11) is 1.93. The molecule has 1 unspecified atom stereocenters. The predicted octanol–water partition coefficient (Wildman–Crippen LogP) is 2.92. The Morgan fingerprint density at radius 1 is 1.30 bits per heavy atom. The van der Waals surface area contributed by atoms with Crippen molar-refractivity contribution in [2.24, 2.45) is 7.05 Å². The number of aromatic amines is 1. The van der Waals surface area contributed by atoms with Crippen molar-refractivity contribution < 1.29 is 4.79 Å². The minimum absolute atomic E-state index is 0.114. The number of carbonyl (C=O) groups is 1. The van der Waals surface area contributed by atoms with Gasteiger partial charge in [-0.05, 0) is 25.0 Å². The fourth-order valence-corrected chi connectivity index (χ4v) is 3.47. The summed E-state index contributed by atoms with van der Waals surface area (Å²) in [5.74, 6) is 0.446. The van der Waals surface area contributed by atoms with E-state index >= 15 is 0 Å². The Bertz CT molecular complexity index is 847. The molecule has 2 aromatic heterocycles. The van der Waals surface area contributed by atoms with Crippen molar-refractivity contribution in [3.63, 3.8) is 0 Å². The van der Waals surface area contributed by atoms with Crippen molar-refractivity contribution in [2.45, 2.75) is 18.8 Å². The van der Waals surface area contributed by atoms with Crippen LogP contribution in [0.15, 0.2) is 42.7 Å². The molecule has 5 nitrogen and oxygen atoms in total. The second kappa shape index (κ2) is 5.57. The Morgan fingerprint density at radius 2 is 2.17 bits per heavy atom. The van der Waals surface area contributed by atoms with E-state index in [-0.39, 0.29) is 5.91 Å². The Balaban J connectivity index is 1.58. The van der Waals surface area contributed by atoms with Gasteiger partial charge in [0.15, 0.2) is 0 Å². The Morgan fingerprint density at radius 3 is 3.00 bits per heavy atom. The monoisotopic (exact) mass is 308 g/mol. The Labute approximate surface area is 134 Å². The number of fused-ring (bicyclic) bond motifs is 1. The van der Waals surface area contributed by atoms with Crippen LogP contribution >= 0.6 is 0 Å². The van der Waals surface area contributed by atoms with E-state index < -0.39 is 0 Å². The van der Waals surface area contributed by atoms with E-state index in [4.69, 9.17) is 0 Å². The lowest BCUT2D eigenvalue weighted by molar-refractivity contribution is 0.0708. The highest BCUT2D eigenvalue weighted by molar-refractivity contribution is 6.06. The third-order valence-electron chi connectivity index (χ3n) is 4.68. The van der Waals surface area contributed by atoms with E-state index in [0.29, 0.717) is 5.92 Å². The van der Waals surface area contributed by atoms with Crippen LogP contribution in [-0.2, 0) is 7.05 Å². The zero-order valence-corrected chi connectivity index (χ0v) is 13.2. The molecule has 1 aliphatic rings. The maximum absolute atomic E-state index is 12.9. The lowest BCUT2D eigenvalue weighted by Crippen LogP contribution is -2.39. The molecule has 3 heterocycles. The normalized spacial score (nSPS) is 18.5. The topological polar surface area (TPSA) is 53.9 Å². The summed E-state index contributed by atoms with van der Waals surface area (Å²) in [6.07, 6.45) is 5.91. The number of nitrogens with one attached hydrogen (secondary N) is 1. The summed E-state index contributed by atoms with van der Waals surface area (Å²) in [4.78, 5) is 18.1. The van der Waals surface area contributed by atoms with E-state index in [0.717, 1.165) is 48.1 Å². The Hall–Kier alpha value is -2.56.